The van der Waals surface area contributed by atoms with E-state index < -0.39 is 5.97 Å². The molecule has 0 bridgehead atoms. The van der Waals surface area contributed by atoms with Crippen molar-refractivity contribution in [1.29, 1.82) is 0 Å². The fourth-order valence-corrected chi connectivity index (χ4v) is 2.66. The fraction of sp³-hybridized carbons (Fsp3) is 0.308. The average Bonchev–Trinajstić information content (AvgIpc) is 2.88. The van der Waals surface area contributed by atoms with E-state index in [1.807, 2.05) is 37.3 Å². The number of nitrogens with zero attached hydrogens (tertiary/aromatic N) is 3. The maximum Gasteiger partial charge on any atom is 0.313 e. The van der Waals surface area contributed by atoms with E-state index >= 15 is 0 Å². The Morgan fingerprint density at radius 3 is 2.65 bits per heavy atom. The van der Waals surface area contributed by atoms with Crippen molar-refractivity contribution in [1.82, 2.24) is 14.8 Å². The molecule has 2 aromatic rings. The Morgan fingerprint density at radius 1 is 1.35 bits per heavy atom. The number of carboxylic acids is 1. The molecule has 106 valence electrons. The highest BCUT2D eigenvalue weighted by atomic mass is 32.2. The second-order valence-corrected chi connectivity index (χ2v) is 5.14. The second-order valence-electron chi connectivity index (χ2n) is 4.20. The highest BCUT2D eigenvalue weighted by Gasteiger charge is 2.19. The molecule has 7 heteroatoms. The van der Waals surface area contributed by atoms with E-state index in [0.29, 0.717) is 11.0 Å². The number of hydrogen-bond donors (Lipinski definition) is 2. The van der Waals surface area contributed by atoms with Gasteiger partial charge in [0.25, 0.3) is 0 Å². The van der Waals surface area contributed by atoms with Gasteiger partial charge >= 0.3 is 5.97 Å². The lowest BCUT2D eigenvalue weighted by molar-refractivity contribution is -0.133. The predicted octanol–water partition coefficient (Wildman–Crippen LogP) is 1.56. The topological polar surface area (TPSA) is 88.2 Å². The number of rotatable bonds is 6. The van der Waals surface area contributed by atoms with Crippen LogP contribution in [0.2, 0.25) is 0 Å². The molecule has 0 radical (unpaired) electrons. The Morgan fingerprint density at radius 2 is 2.05 bits per heavy atom. The Hall–Kier alpha value is -1.86. The summed E-state index contributed by atoms with van der Waals surface area (Å²) in [5, 5.41) is 26.5. The van der Waals surface area contributed by atoms with Crippen molar-refractivity contribution in [3.05, 3.63) is 41.7 Å². The number of hydrogen-bond acceptors (Lipinski definition) is 5. The lowest BCUT2D eigenvalue weighted by atomic mass is 10.1. The minimum absolute atomic E-state index is 0.0790. The summed E-state index contributed by atoms with van der Waals surface area (Å²) in [4.78, 5) is 10.7. The summed E-state index contributed by atoms with van der Waals surface area (Å²) in [6.07, 6.45) is 0. The molecular weight excluding hydrogens is 278 g/mol. The molecule has 1 aromatic carbocycles. The van der Waals surface area contributed by atoms with Crippen molar-refractivity contribution >= 4 is 17.7 Å². The van der Waals surface area contributed by atoms with Crippen LogP contribution >= 0.6 is 11.8 Å². The summed E-state index contributed by atoms with van der Waals surface area (Å²) in [6.45, 7) is 1.72. The van der Waals surface area contributed by atoms with Crippen molar-refractivity contribution in [2.24, 2.45) is 0 Å². The number of benzene rings is 1. The van der Waals surface area contributed by atoms with Crippen LogP contribution in [0, 0.1) is 0 Å². The molecule has 2 rings (SSSR count). The van der Waals surface area contributed by atoms with Gasteiger partial charge < -0.3 is 10.2 Å². The van der Waals surface area contributed by atoms with Crippen molar-refractivity contribution in [2.45, 2.75) is 24.7 Å². The van der Waals surface area contributed by atoms with Gasteiger partial charge in [0.15, 0.2) is 11.0 Å². The molecule has 6 nitrogen and oxygen atoms in total. The molecule has 0 saturated heterocycles. The SMILES string of the molecule is CC(c1ccccc1)n1c(CO)nnc1SCC(=O)O. The number of aromatic nitrogens is 3. The normalized spacial score (nSPS) is 12.3. The lowest BCUT2D eigenvalue weighted by Crippen LogP contribution is -2.12. The summed E-state index contributed by atoms with van der Waals surface area (Å²) in [7, 11) is 0. The maximum absolute atomic E-state index is 10.7. The third kappa shape index (κ3) is 3.17. The van der Waals surface area contributed by atoms with Crippen LogP contribution < -0.4 is 0 Å². The molecule has 0 amide bonds. The summed E-state index contributed by atoms with van der Waals surface area (Å²) >= 11 is 1.09. The number of carboxylic acid groups (broad SMARTS) is 1. The molecule has 1 atom stereocenters. The van der Waals surface area contributed by atoms with Crippen LogP contribution in [-0.2, 0) is 11.4 Å². The highest BCUT2D eigenvalue weighted by Crippen LogP contribution is 2.26. The Balaban J connectivity index is 2.33. The first-order chi connectivity index (χ1) is 9.63. The first-order valence-corrected chi connectivity index (χ1v) is 7.06. The van der Waals surface area contributed by atoms with Crippen molar-refractivity contribution in [2.75, 3.05) is 5.75 Å². The van der Waals surface area contributed by atoms with Gasteiger partial charge in [-0.15, -0.1) is 10.2 Å². The van der Waals surface area contributed by atoms with Gasteiger partial charge in [-0.1, -0.05) is 42.1 Å². The van der Waals surface area contributed by atoms with E-state index in [0.717, 1.165) is 17.3 Å². The Kier molecular flexibility index (Phi) is 4.75. The van der Waals surface area contributed by atoms with E-state index in [-0.39, 0.29) is 18.4 Å². The number of carbonyl (C=O) groups is 1. The van der Waals surface area contributed by atoms with Crippen LogP contribution in [-0.4, -0.2) is 36.7 Å². The maximum atomic E-state index is 10.7. The smallest absolute Gasteiger partial charge is 0.313 e. The molecule has 2 N–H and O–H groups in total. The minimum atomic E-state index is -0.914. The van der Waals surface area contributed by atoms with Gasteiger partial charge in [-0.25, -0.2) is 0 Å². The van der Waals surface area contributed by atoms with Gasteiger partial charge in [0, 0.05) is 0 Å². The van der Waals surface area contributed by atoms with Gasteiger partial charge in [-0.3, -0.25) is 9.36 Å². The molecule has 0 spiro atoms. The zero-order valence-corrected chi connectivity index (χ0v) is 11.7. The molecule has 0 aliphatic rings. The first-order valence-electron chi connectivity index (χ1n) is 6.07. The van der Waals surface area contributed by atoms with Gasteiger partial charge in [0.05, 0.1) is 11.8 Å². The fourth-order valence-electron chi connectivity index (χ4n) is 1.91. The van der Waals surface area contributed by atoms with E-state index in [1.54, 1.807) is 4.57 Å². The quantitative estimate of drug-likeness (QED) is 0.786. The third-order valence-corrected chi connectivity index (χ3v) is 3.80. The highest BCUT2D eigenvalue weighted by molar-refractivity contribution is 7.99. The third-order valence-electron chi connectivity index (χ3n) is 2.87. The first kappa shape index (κ1) is 14.5. The molecule has 0 aliphatic heterocycles. The molecule has 1 aromatic heterocycles. The molecule has 1 unspecified atom stereocenters. The van der Waals surface area contributed by atoms with Crippen LogP contribution in [0.1, 0.15) is 24.4 Å². The second kappa shape index (κ2) is 6.53. The zero-order valence-electron chi connectivity index (χ0n) is 10.9. The van der Waals surface area contributed by atoms with E-state index in [4.69, 9.17) is 5.11 Å². The number of aliphatic carboxylic acids is 1. The van der Waals surface area contributed by atoms with Crippen LogP contribution in [0.5, 0.6) is 0 Å². The van der Waals surface area contributed by atoms with Gasteiger partial charge in [0.1, 0.15) is 6.61 Å². The van der Waals surface area contributed by atoms with Crippen LogP contribution in [0.25, 0.3) is 0 Å². The van der Waals surface area contributed by atoms with Crippen molar-refractivity contribution in [3.63, 3.8) is 0 Å². The monoisotopic (exact) mass is 293 g/mol. The van der Waals surface area contributed by atoms with Gasteiger partial charge in [-0.05, 0) is 12.5 Å². The molecule has 0 fully saturated rings. The molecule has 0 saturated carbocycles. The minimum Gasteiger partial charge on any atom is -0.481 e. The Bertz CT molecular complexity index is 586. The molecular formula is C13H15N3O3S. The Labute approximate surface area is 120 Å². The molecule has 20 heavy (non-hydrogen) atoms. The summed E-state index contributed by atoms with van der Waals surface area (Å²) in [5.74, 6) is -0.581. The summed E-state index contributed by atoms with van der Waals surface area (Å²) in [5.41, 5.74) is 1.04. The van der Waals surface area contributed by atoms with Crippen molar-refractivity contribution in [3.8, 4) is 0 Å². The molecule has 1 heterocycles. The van der Waals surface area contributed by atoms with Gasteiger partial charge in [0.2, 0.25) is 0 Å². The van der Waals surface area contributed by atoms with Crippen LogP contribution in [0.15, 0.2) is 35.5 Å². The van der Waals surface area contributed by atoms with E-state index in [9.17, 15) is 9.90 Å². The van der Waals surface area contributed by atoms with Crippen LogP contribution in [0.4, 0.5) is 0 Å². The lowest BCUT2D eigenvalue weighted by Gasteiger charge is -2.17. The van der Waals surface area contributed by atoms with Crippen LogP contribution in [0.3, 0.4) is 0 Å². The zero-order chi connectivity index (χ0) is 14.5. The predicted molar refractivity (Wildman–Crippen MR) is 74.6 cm³/mol. The summed E-state index contributed by atoms with van der Waals surface area (Å²) in [6, 6.07) is 9.65. The largest absolute Gasteiger partial charge is 0.481 e. The number of thioether (sulfide) groups is 1. The van der Waals surface area contributed by atoms with E-state index in [2.05, 4.69) is 10.2 Å². The van der Waals surface area contributed by atoms with Crippen molar-refractivity contribution < 1.29 is 15.0 Å². The number of aliphatic hydroxyl groups is 1. The van der Waals surface area contributed by atoms with Gasteiger partial charge in [-0.2, -0.15) is 0 Å². The summed E-state index contributed by atoms with van der Waals surface area (Å²) < 4.78 is 1.77. The van der Waals surface area contributed by atoms with E-state index in [1.165, 1.54) is 0 Å². The number of aliphatic hydroxyl groups excluding tert-OH is 1. The standard InChI is InChI=1S/C13H15N3O3S/c1-9(10-5-3-2-4-6-10)16-11(7-17)14-15-13(16)20-8-12(18)19/h2-6,9,17H,7-8H2,1H3,(H,18,19). The average molecular weight is 293 g/mol. The molecule has 0 aliphatic carbocycles.